The number of fused-ring (bicyclic) bond motifs is 15. The third kappa shape index (κ3) is 5.27. The SMILES string of the molecule is c1cc(-c2ccc3oc4ccc(-c5cccc(-c6ccc7c(c6)c6ccccc6c6nccnc76)c5)cc4c3c2)cc(-c2ccc3c(c2)c2ccccc2c2nccnc32)c1. The van der Waals surface area contributed by atoms with Gasteiger partial charge in [-0.05, 0) is 115 Å². The molecule has 0 bridgehead atoms. The van der Waals surface area contributed by atoms with Crippen molar-refractivity contribution in [2.24, 2.45) is 0 Å². The van der Waals surface area contributed by atoms with Crippen LogP contribution in [-0.4, -0.2) is 19.9 Å². The minimum atomic E-state index is 0.873. The molecule has 0 spiro atoms. The Bertz CT molecular complexity index is 3630. The summed E-state index contributed by atoms with van der Waals surface area (Å²) >= 11 is 0. The Balaban J connectivity index is 0.877. The summed E-state index contributed by atoms with van der Waals surface area (Å²) in [5, 5.41) is 11.3. The maximum Gasteiger partial charge on any atom is 0.135 e. The highest BCUT2D eigenvalue weighted by Crippen LogP contribution is 2.40. The smallest absolute Gasteiger partial charge is 0.135 e. The van der Waals surface area contributed by atoms with Gasteiger partial charge in [-0.15, -0.1) is 0 Å². The molecular weight excluding hydrogens is 745 g/mol. The fourth-order valence-corrected chi connectivity index (χ4v) is 9.51. The summed E-state index contributed by atoms with van der Waals surface area (Å²) in [7, 11) is 0. The molecule has 0 amide bonds. The van der Waals surface area contributed by atoms with Crippen molar-refractivity contribution in [1.29, 1.82) is 0 Å². The van der Waals surface area contributed by atoms with Crippen molar-refractivity contribution in [3.8, 4) is 44.5 Å². The van der Waals surface area contributed by atoms with E-state index in [1.54, 1.807) is 24.8 Å². The summed E-state index contributed by atoms with van der Waals surface area (Å²) in [4.78, 5) is 18.9. The number of benzene rings is 10. The molecule has 0 saturated carbocycles. The molecular formula is C56H32N4O. The molecule has 61 heavy (non-hydrogen) atoms. The summed E-state index contributed by atoms with van der Waals surface area (Å²) in [6.07, 6.45) is 7.10. The van der Waals surface area contributed by atoms with Crippen molar-refractivity contribution >= 4 is 87.1 Å². The lowest BCUT2D eigenvalue weighted by atomic mass is 9.93. The molecule has 0 N–H and O–H groups in total. The lowest BCUT2D eigenvalue weighted by Gasteiger charge is -2.11. The minimum Gasteiger partial charge on any atom is -0.456 e. The van der Waals surface area contributed by atoms with Gasteiger partial charge in [0.1, 0.15) is 11.2 Å². The first-order valence-electron chi connectivity index (χ1n) is 20.5. The summed E-state index contributed by atoms with van der Waals surface area (Å²) in [6.45, 7) is 0. The lowest BCUT2D eigenvalue weighted by Crippen LogP contribution is -1.89. The van der Waals surface area contributed by atoms with E-state index < -0.39 is 0 Å². The van der Waals surface area contributed by atoms with Crippen molar-refractivity contribution in [3.05, 3.63) is 195 Å². The Labute approximate surface area is 349 Å². The fourth-order valence-electron chi connectivity index (χ4n) is 9.51. The maximum atomic E-state index is 6.41. The van der Waals surface area contributed by atoms with Crippen LogP contribution in [0.2, 0.25) is 0 Å². The van der Waals surface area contributed by atoms with E-state index in [1.165, 1.54) is 21.5 Å². The first-order chi connectivity index (χ1) is 30.2. The molecule has 0 saturated heterocycles. The van der Waals surface area contributed by atoms with E-state index in [0.29, 0.717) is 0 Å². The molecule has 282 valence electrons. The fraction of sp³-hybridized carbons (Fsp3) is 0. The van der Waals surface area contributed by atoms with Gasteiger partial charge in [0.2, 0.25) is 0 Å². The van der Waals surface area contributed by atoms with Crippen molar-refractivity contribution in [1.82, 2.24) is 19.9 Å². The predicted octanol–water partition coefficient (Wildman–Crippen LogP) is 14.8. The molecule has 10 aromatic carbocycles. The second-order valence-corrected chi connectivity index (χ2v) is 15.8. The van der Waals surface area contributed by atoms with E-state index in [9.17, 15) is 0 Å². The van der Waals surface area contributed by atoms with Gasteiger partial charge in [-0.2, -0.15) is 0 Å². The normalized spacial score (nSPS) is 11.9. The van der Waals surface area contributed by atoms with Crippen LogP contribution in [0.1, 0.15) is 0 Å². The molecule has 0 atom stereocenters. The van der Waals surface area contributed by atoms with Crippen LogP contribution in [0.4, 0.5) is 0 Å². The van der Waals surface area contributed by atoms with Crippen LogP contribution in [0.15, 0.2) is 199 Å². The Morgan fingerprint density at radius 2 is 0.541 bits per heavy atom. The first kappa shape index (κ1) is 33.7. The van der Waals surface area contributed by atoms with Gasteiger partial charge in [-0.3, -0.25) is 19.9 Å². The standard InChI is InChI=1S/C56H32N4O/c1-3-13-43-41(11-1)47-29-37(15-19-45(47)55-53(43)57-23-25-59-55)33-7-5-9-35(27-33)39-17-21-51-49(31-39)50-32-40(18-22-52(50)61-51)36-10-6-8-34(28-36)38-16-20-46-48(30-38)42-12-2-4-14-44(42)54-56(46)60-26-24-58-54/h1-32H. The van der Waals surface area contributed by atoms with Crippen LogP contribution in [0.5, 0.6) is 0 Å². The third-order valence-corrected chi connectivity index (χ3v) is 12.4. The lowest BCUT2D eigenvalue weighted by molar-refractivity contribution is 0.669. The zero-order chi connectivity index (χ0) is 40.0. The molecule has 0 unspecified atom stereocenters. The summed E-state index contributed by atoms with van der Waals surface area (Å²) in [5.41, 5.74) is 14.7. The average Bonchev–Trinajstić information content (AvgIpc) is 3.71. The Hall–Kier alpha value is -8.28. The van der Waals surface area contributed by atoms with E-state index >= 15 is 0 Å². The molecule has 0 fully saturated rings. The molecule has 0 aliphatic carbocycles. The average molecular weight is 777 g/mol. The summed E-state index contributed by atoms with van der Waals surface area (Å²) in [6, 6.07) is 61.1. The number of hydrogen-bond acceptors (Lipinski definition) is 5. The number of nitrogens with zero attached hydrogens (tertiary/aromatic N) is 4. The van der Waals surface area contributed by atoms with Crippen LogP contribution in [0, 0.1) is 0 Å². The zero-order valence-electron chi connectivity index (χ0n) is 32.7. The number of furan rings is 1. The molecule has 5 nitrogen and oxygen atoms in total. The molecule has 3 aromatic heterocycles. The second kappa shape index (κ2) is 13.1. The number of rotatable bonds is 4. The van der Waals surface area contributed by atoms with Crippen LogP contribution in [-0.2, 0) is 0 Å². The van der Waals surface area contributed by atoms with Crippen LogP contribution < -0.4 is 0 Å². The van der Waals surface area contributed by atoms with E-state index in [-0.39, 0.29) is 0 Å². The number of aromatic nitrogens is 4. The van der Waals surface area contributed by atoms with Gasteiger partial charge in [0.05, 0.1) is 22.1 Å². The molecule has 0 aliphatic heterocycles. The molecule has 0 aliphatic rings. The van der Waals surface area contributed by atoms with E-state index in [4.69, 9.17) is 24.4 Å². The van der Waals surface area contributed by atoms with Crippen molar-refractivity contribution in [3.63, 3.8) is 0 Å². The van der Waals surface area contributed by atoms with Crippen molar-refractivity contribution in [2.75, 3.05) is 0 Å². The van der Waals surface area contributed by atoms with Gasteiger partial charge in [0.25, 0.3) is 0 Å². The maximum absolute atomic E-state index is 6.41. The van der Waals surface area contributed by atoms with E-state index in [1.807, 2.05) is 0 Å². The first-order valence-corrected chi connectivity index (χ1v) is 20.5. The van der Waals surface area contributed by atoms with Gasteiger partial charge in [-0.25, -0.2) is 0 Å². The summed E-state index contributed by atoms with van der Waals surface area (Å²) in [5.74, 6) is 0. The van der Waals surface area contributed by atoms with Gasteiger partial charge in [0.15, 0.2) is 0 Å². The molecule has 13 aromatic rings. The molecule has 5 heteroatoms. The van der Waals surface area contributed by atoms with Gasteiger partial charge in [0, 0.05) is 57.1 Å². The van der Waals surface area contributed by atoms with Crippen LogP contribution in [0.3, 0.4) is 0 Å². The highest BCUT2D eigenvalue weighted by molar-refractivity contribution is 6.24. The van der Waals surface area contributed by atoms with Gasteiger partial charge < -0.3 is 4.42 Å². The van der Waals surface area contributed by atoms with Crippen LogP contribution >= 0.6 is 0 Å². The predicted molar refractivity (Wildman–Crippen MR) is 252 cm³/mol. The van der Waals surface area contributed by atoms with Crippen molar-refractivity contribution < 1.29 is 4.42 Å². The van der Waals surface area contributed by atoms with Gasteiger partial charge >= 0.3 is 0 Å². The van der Waals surface area contributed by atoms with E-state index in [0.717, 1.165) is 110 Å². The largest absolute Gasteiger partial charge is 0.456 e. The minimum absolute atomic E-state index is 0.873. The van der Waals surface area contributed by atoms with Gasteiger partial charge in [-0.1, -0.05) is 121 Å². The zero-order valence-corrected chi connectivity index (χ0v) is 32.7. The second-order valence-electron chi connectivity index (χ2n) is 15.8. The van der Waals surface area contributed by atoms with Crippen molar-refractivity contribution in [2.45, 2.75) is 0 Å². The molecule has 13 rings (SSSR count). The Morgan fingerprint density at radius 1 is 0.230 bits per heavy atom. The van der Waals surface area contributed by atoms with E-state index in [2.05, 4.69) is 170 Å². The Kier molecular flexibility index (Phi) is 7.24. The topological polar surface area (TPSA) is 64.7 Å². The third-order valence-electron chi connectivity index (χ3n) is 12.4. The highest BCUT2D eigenvalue weighted by atomic mass is 16.3. The Morgan fingerprint density at radius 3 is 0.934 bits per heavy atom. The molecule has 3 heterocycles. The quantitative estimate of drug-likeness (QED) is 0.167. The highest BCUT2D eigenvalue weighted by Gasteiger charge is 2.15. The monoisotopic (exact) mass is 776 g/mol. The number of hydrogen-bond donors (Lipinski definition) is 0. The molecule has 0 radical (unpaired) electrons. The van der Waals surface area contributed by atoms with Crippen LogP contribution in [0.25, 0.3) is 132 Å². The summed E-state index contributed by atoms with van der Waals surface area (Å²) < 4.78 is 6.41.